The van der Waals surface area contributed by atoms with Gasteiger partial charge in [0.25, 0.3) is 0 Å². The summed E-state index contributed by atoms with van der Waals surface area (Å²) in [6, 6.07) is 9.91. The number of fused-ring (bicyclic) bond motifs is 1. The van der Waals surface area contributed by atoms with Crippen LogP contribution in [-0.2, 0) is 16.6 Å². The van der Waals surface area contributed by atoms with Crippen molar-refractivity contribution in [3.8, 4) is 0 Å². The zero-order valence-electron chi connectivity index (χ0n) is 14.9. The highest BCUT2D eigenvalue weighted by Gasteiger charge is 2.27. The summed E-state index contributed by atoms with van der Waals surface area (Å²) < 4.78 is 28.6. The highest BCUT2D eigenvalue weighted by molar-refractivity contribution is 7.89. The lowest BCUT2D eigenvalue weighted by atomic mass is 10.1. The van der Waals surface area contributed by atoms with Crippen molar-refractivity contribution in [2.45, 2.75) is 32.2 Å². The number of rotatable bonds is 5. The molecule has 2 heterocycles. The van der Waals surface area contributed by atoms with E-state index < -0.39 is 10.0 Å². The zero-order chi connectivity index (χ0) is 18.2. The van der Waals surface area contributed by atoms with E-state index in [2.05, 4.69) is 10.1 Å². The number of pyridine rings is 1. The number of hydrogen-bond acceptors (Lipinski definition) is 4. The maximum atomic E-state index is 12.7. The highest BCUT2D eigenvalue weighted by Crippen LogP contribution is 2.24. The summed E-state index contributed by atoms with van der Waals surface area (Å²) in [6.07, 6.45) is 1.76. The first kappa shape index (κ1) is 17.6. The van der Waals surface area contributed by atoms with E-state index in [-0.39, 0.29) is 0 Å². The van der Waals surface area contributed by atoms with Gasteiger partial charge in [-0.2, -0.15) is 5.10 Å². The van der Waals surface area contributed by atoms with Crippen LogP contribution in [0, 0.1) is 13.8 Å². The quantitative estimate of drug-likeness (QED) is 0.703. The SMILES string of the molecule is CCN(C)S(=O)(=O)c1c(C)nn(Cc2cccc3cccnc23)c1C. The van der Waals surface area contributed by atoms with E-state index in [9.17, 15) is 8.42 Å². The summed E-state index contributed by atoms with van der Waals surface area (Å²) in [5.74, 6) is 0. The monoisotopic (exact) mass is 358 g/mol. The van der Waals surface area contributed by atoms with Crippen molar-refractivity contribution in [1.29, 1.82) is 0 Å². The Morgan fingerprint density at radius 1 is 1.16 bits per heavy atom. The van der Waals surface area contributed by atoms with Crippen LogP contribution in [0.5, 0.6) is 0 Å². The minimum Gasteiger partial charge on any atom is -0.264 e. The molecule has 0 saturated heterocycles. The summed E-state index contributed by atoms with van der Waals surface area (Å²) in [6.45, 7) is 6.25. The average Bonchev–Trinajstić information content (AvgIpc) is 2.88. The van der Waals surface area contributed by atoms with Gasteiger partial charge in [-0.1, -0.05) is 31.2 Å². The molecule has 0 bridgehead atoms. The van der Waals surface area contributed by atoms with Crippen LogP contribution >= 0.6 is 0 Å². The van der Waals surface area contributed by atoms with Crippen LogP contribution in [0.25, 0.3) is 10.9 Å². The van der Waals surface area contributed by atoms with Crippen LogP contribution in [0.15, 0.2) is 41.4 Å². The molecule has 7 heteroatoms. The summed E-state index contributed by atoms with van der Waals surface area (Å²) in [7, 11) is -1.95. The molecule has 6 nitrogen and oxygen atoms in total. The van der Waals surface area contributed by atoms with E-state index >= 15 is 0 Å². The molecule has 3 aromatic rings. The molecule has 0 fully saturated rings. The maximum absolute atomic E-state index is 12.7. The first-order valence-corrected chi connectivity index (χ1v) is 9.63. The van der Waals surface area contributed by atoms with Gasteiger partial charge in [-0.25, -0.2) is 12.7 Å². The largest absolute Gasteiger partial charge is 0.264 e. The van der Waals surface area contributed by atoms with Crippen LogP contribution in [0.3, 0.4) is 0 Å². The van der Waals surface area contributed by atoms with E-state index in [0.717, 1.165) is 16.5 Å². The van der Waals surface area contributed by atoms with E-state index in [0.29, 0.717) is 29.4 Å². The second-order valence-corrected chi connectivity index (χ2v) is 8.05. The number of benzene rings is 1. The van der Waals surface area contributed by atoms with Crippen LogP contribution < -0.4 is 0 Å². The molecule has 132 valence electrons. The Balaban J connectivity index is 2.07. The van der Waals surface area contributed by atoms with Crippen molar-refractivity contribution < 1.29 is 8.42 Å². The molecule has 0 aliphatic carbocycles. The maximum Gasteiger partial charge on any atom is 0.246 e. The third kappa shape index (κ3) is 3.05. The van der Waals surface area contributed by atoms with Gasteiger partial charge in [0, 0.05) is 25.2 Å². The topological polar surface area (TPSA) is 68.1 Å². The fourth-order valence-corrected chi connectivity index (χ4v) is 4.53. The van der Waals surface area contributed by atoms with Crippen molar-refractivity contribution in [1.82, 2.24) is 19.1 Å². The Hall–Kier alpha value is -2.25. The van der Waals surface area contributed by atoms with E-state index in [1.807, 2.05) is 37.3 Å². The van der Waals surface area contributed by atoms with Gasteiger partial charge >= 0.3 is 0 Å². The number of sulfonamides is 1. The molecular weight excluding hydrogens is 336 g/mol. The van der Waals surface area contributed by atoms with Gasteiger partial charge in [0.15, 0.2) is 0 Å². The number of aryl methyl sites for hydroxylation is 1. The lowest BCUT2D eigenvalue weighted by molar-refractivity contribution is 0.485. The molecule has 1 aromatic carbocycles. The van der Waals surface area contributed by atoms with Crippen LogP contribution in [0.4, 0.5) is 0 Å². The lowest BCUT2D eigenvalue weighted by Gasteiger charge is -2.15. The van der Waals surface area contributed by atoms with Gasteiger partial charge in [0.1, 0.15) is 4.90 Å². The van der Waals surface area contributed by atoms with Crippen molar-refractivity contribution in [2.24, 2.45) is 0 Å². The molecule has 3 rings (SSSR count). The Bertz CT molecular complexity index is 1020. The Morgan fingerprint density at radius 3 is 2.60 bits per heavy atom. The number of para-hydroxylation sites is 1. The molecule has 0 saturated carbocycles. The standard InChI is InChI=1S/C18H22N4O2S/c1-5-21(4)25(23,24)18-13(2)20-22(14(18)3)12-16-9-6-8-15-10-7-11-19-17(15)16/h6-11H,5,12H2,1-4H3. The highest BCUT2D eigenvalue weighted by atomic mass is 32.2. The average molecular weight is 358 g/mol. The van der Waals surface area contributed by atoms with Crippen LogP contribution in [0.2, 0.25) is 0 Å². The number of hydrogen-bond donors (Lipinski definition) is 0. The molecule has 0 atom stereocenters. The summed E-state index contributed by atoms with van der Waals surface area (Å²) in [4.78, 5) is 4.76. The molecule has 0 unspecified atom stereocenters. The number of nitrogens with zero attached hydrogens (tertiary/aromatic N) is 4. The van der Waals surface area contributed by atoms with E-state index in [1.165, 1.54) is 4.31 Å². The van der Waals surface area contributed by atoms with Crippen molar-refractivity contribution in [3.63, 3.8) is 0 Å². The van der Waals surface area contributed by atoms with Gasteiger partial charge < -0.3 is 0 Å². The lowest BCUT2D eigenvalue weighted by Crippen LogP contribution is -2.27. The fourth-order valence-electron chi connectivity index (χ4n) is 2.99. The normalized spacial score (nSPS) is 12.2. The molecule has 0 radical (unpaired) electrons. The molecule has 0 spiro atoms. The molecular formula is C18H22N4O2S. The molecule has 0 aliphatic rings. The van der Waals surface area contributed by atoms with E-state index in [1.54, 1.807) is 31.8 Å². The first-order valence-electron chi connectivity index (χ1n) is 8.19. The predicted octanol–water partition coefficient (Wildman–Crippen LogP) is 2.74. The summed E-state index contributed by atoms with van der Waals surface area (Å²) >= 11 is 0. The molecule has 0 N–H and O–H groups in total. The van der Waals surface area contributed by atoms with Gasteiger partial charge in [0.2, 0.25) is 10.0 Å². The molecule has 25 heavy (non-hydrogen) atoms. The van der Waals surface area contributed by atoms with Gasteiger partial charge in [-0.3, -0.25) is 9.67 Å². The fraction of sp³-hybridized carbons (Fsp3) is 0.333. The summed E-state index contributed by atoms with van der Waals surface area (Å²) in [5, 5.41) is 5.53. The second kappa shape index (κ2) is 6.57. The van der Waals surface area contributed by atoms with Gasteiger partial charge in [-0.15, -0.1) is 0 Å². The Labute approximate surface area is 148 Å². The predicted molar refractivity (Wildman–Crippen MR) is 98.0 cm³/mol. The van der Waals surface area contributed by atoms with Gasteiger partial charge in [0.05, 0.1) is 23.4 Å². The van der Waals surface area contributed by atoms with Crippen LogP contribution in [0.1, 0.15) is 23.9 Å². The van der Waals surface area contributed by atoms with E-state index in [4.69, 9.17) is 0 Å². The number of aromatic nitrogens is 3. The smallest absolute Gasteiger partial charge is 0.246 e. The Morgan fingerprint density at radius 2 is 1.88 bits per heavy atom. The van der Waals surface area contributed by atoms with Crippen molar-refractivity contribution >= 4 is 20.9 Å². The second-order valence-electron chi connectivity index (χ2n) is 6.07. The van der Waals surface area contributed by atoms with Crippen molar-refractivity contribution in [3.05, 3.63) is 53.5 Å². The van der Waals surface area contributed by atoms with Gasteiger partial charge in [-0.05, 0) is 25.5 Å². The van der Waals surface area contributed by atoms with Crippen molar-refractivity contribution in [2.75, 3.05) is 13.6 Å². The zero-order valence-corrected chi connectivity index (χ0v) is 15.7. The third-order valence-electron chi connectivity index (χ3n) is 4.47. The first-order chi connectivity index (χ1) is 11.9. The third-order valence-corrected chi connectivity index (χ3v) is 6.65. The molecule has 2 aromatic heterocycles. The molecule has 0 amide bonds. The molecule has 0 aliphatic heterocycles. The minimum absolute atomic E-state index is 0.296. The minimum atomic E-state index is -3.53. The Kier molecular flexibility index (Phi) is 4.62. The van der Waals surface area contributed by atoms with Crippen LogP contribution in [-0.4, -0.2) is 41.1 Å². The summed E-state index contributed by atoms with van der Waals surface area (Å²) in [5.41, 5.74) is 3.08.